The zero-order chi connectivity index (χ0) is 13.8. The Bertz CT molecular complexity index is 530. The Labute approximate surface area is 119 Å². The van der Waals surface area contributed by atoms with Crippen molar-refractivity contribution >= 4 is 15.9 Å². The first-order valence-electron chi connectivity index (χ1n) is 5.87. The first-order valence-corrected chi connectivity index (χ1v) is 6.66. The maximum Gasteiger partial charge on any atom is 0.130 e. The molecular formula is C14H14BrFN2O. The first-order chi connectivity index (χ1) is 9.15. The monoisotopic (exact) mass is 324 g/mol. The van der Waals surface area contributed by atoms with Crippen LogP contribution in [0.4, 0.5) is 4.39 Å². The fraction of sp³-hybridized carbons (Fsp3) is 0.214. The minimum Gasteiger partial charge on any atom is -0.388 e. The molecule has 0 aliphatic rings. The normalized spacial score (nSPS) is 14.1. The highest BCUT2D eigenvalue weighted by molar-refractivity contribution is 9.10. The Kier molecular flexibility index (Phi) is 4.63. The number of aromatic nitrogens is 1. The second kappa shape index (κ2) is 6.23. The number of pyridine rings is 1. The Morgan fingerprint density at radius 1 is 1.26 bits per heavy atom. The molecule has 0 spiro atoms. The van der Waals surface area contributed by atoms with Crippen LogP contribution in [0, 0.1) is 5.82 Å². The molecule has 0 aliphatic heterocycles. The van der Waals surface area contributed by atoms with E-state index in [0.717, 1.165) is 5.56 Å². The molecule has 19 heavy (non-hydrogen) atoms. The third-order valence-electron chi connectivity index (χ3n) is 3.06. The summed E-state index contributed by atoms with van der Waals surface area (Å²) in [5.41, 5.74) is 6.79. The molecule has 1 aromatic heterocycles. The van der Waals surface area contributed by atoms with Crippen molar-refractivity contribution in [3.05, 3.63) is 64.1 Å². The van der Waals surface area contributed by atoms with Gasteiger partial charge in [0.15, 0.2) is 0 Å². The molecule has 0 saturated carbocycles. The molecule has 2 unspecified atom stereocenters. The van der Waals surface area contributed by atoms with Crippen molar-refractivity contribution < 1.29 is 9.50 Å². The van der Waals surface area contributed by atoms with Crippen LogP contribution in [0.5, 0.6) is 0 Å². The third kappa shape index (κ3) is 3.00. The number of halogens is 2. The maximum atomic E-state index is 13.9. The quantitative estimate of drug-likeness (QED) is 0.909. The summed E-state index contributed by atoms with van der Waals surface area (Å²) < 4.78 is 14.4. The second-order valence-electron chi connectivity index (χ2n) is 4.20. The van der Waals surface area contributed by atoms with Crippen LogP contribution in [0.25, 0.3) is 0 Å². The SMILES string of the molecule is NCC(c1ccncc1)C(O)c1c(F)cccc1Br. The van der Waals surface area contributed by atoms with Crippen molar-refractivity contribution in [1.29, 1.82) is 0 Å². The van der Waals surface area contributed by atoms with E-state index < -0.39 is 11.9 Å². The molecule has 2 rings (SSSR count). The molecule has 3 N–H and O–H groups in total. The van der Waals surface area contributed by atoms with Crippen molar-refractivity contribution in [2.24, 2.45) is 5.73 Å². The number of nitrogens with two attached hydrogens (primary N) is 1. The van der Waals surface area contributed by atoms with E-state index in [1.165, 1.54) is 6.07 Å². The van der Waals surface area contributed by atoms with Gasteiger partial charge in [0.1, 0.15) is 5.82 Å². The number of hydrogen-bond donors (Lipinski definition) is 2. The number of rotatable bonds is 4. The summed E-state index contributed by atoms with van der Waals surface area (Å²) in [6, 6.07) is 8.15. The van der Waals surface area contributed by atoms with Gasteiger partial charge in [0.05, 0.1) is 6.10 Å². The van der Waals surface area contributed by atoms with Gasteiger partial charge < -0.3 is 10.8 Å². The Hall–Kier alpha value is -1.30. The summed E-state index contributed by atoms with van der Waals surface area (Å²) in [6.07, 6.45) is 2.24. The van der Waals surface area contributed by atoms with Gasteiger partial charge in [-0.05, 0) is 29.8 Å². The predicted molar refractivity (Wildman–Crippen MR) is 75.1 cm³/mol. The molecule has 2 aromatic rings. The number of aliphatic hydroxyl groups excluding tert-OH is 1. The standard InChI is InChI=1S/C14H14BrFN2O/c15-11-2-1-3-12(16)13(11)14(19)10(8-17)9-4-6-18-7-5-9/h1-7,10,14,19H,8,17H2. The summed E-state index contributed by atoms with van der Waals surface area (Å²) >= 11 is 3.26. The highest BCUT2D eigenvalue weighted by Crippen LogP contribution is 2.35. The van der Waals surface area contributed by atoms with Crippen LogP contribution in [-0.2, 0) is 0 Å². The summed E-state index contributed by atoms with van der Waals surface area (Å²) in [5.74, 6) is -0.828. The van der Waals surface area contributed by atoms with Crippen molar-refractivity contribution in [3.8, 4) is 0 Å². The van der Waals surface area contributed by atoms with Crippen LogP contribution in [0.3, 0.4) is 0 Å². The largest absolute Gasteiger partial charge is 0.388 e. The zero-order valence-corrected chi connectivity index (χ0v) is 11.7. The van der Waals surface area contributed by atoms with E-state index in [0.29, 0.717) is 4.47 Å². The molecule has 100 valence electrons. The van der Waals surface area contributed by atoms with Gasteiger partial charge >= 0.3 is 0 Å². The Morgan fingerprint density at radius 2 is 1.95 bits per heavy atom. The van der Waals surface area contributed by atoms with Crippen molar-refractivity contribution in [3.63, 3.8) is 0 Å². The summed E-state index contributed by atoms with van der Waals surface area (Å²) in [7, 11) is 0. The molecule has 1 heterocycles. The topological polar surface area (TPSA) is 59.1 Å². The predicted octanol–water partition coefficient (Wildman–Crippen LogP) is 2.76. The van der Waals surface area contributed by atoms with Crippen LogP contribution < -0.4 is 5.73 Å². The van der Waals surface area contributed by atoms with Crippen LogP contribution in [0.2, 0.25) is 0 Å². The van der Waals surface area contributed by atoms with Gasteiger partial charge in [-0.15, -0.1) is 0 Å². The van der Waals surface area contributed by atoms with Gasteiger partial charge in [0.25, 0.3) is 0 Å². The van der Waals surface area contributed by atoms with Gasteiger partial charge in [-0.3, -0.25) is 4.98 Å². The van der Waals surface area contributed by atoms with E-state index in [-0.39, 0.29) is 18.0 Å². The van der Waals surface area contributed by atoms with Crippen LogP contribution in [0.15, 0.2) is 47.2 Å². The van der Waals surface area contributed by atoms with Gasteiger partial charge in [-0.1, -0.05) is 22.0 Å². The highest BCUT2D eigenvalue weighted by atomic mass is 79.9. The lowest BCUT2D eigenvalue weighted by Gasteiger charge is -2.23. The van der Waals surface area contributed by atoms with Crippen molar-refractivity contribution in [1.82, 2.24) is 4.98 Å². The maximum absolute atomic E-state index is 13.9. The minimum absolute atomic E-state index is 0.214. The van der Waals surface area contributed by atoms with Crippen LogP contribution in [-0.4, -0.2) is 16.6 Å². The molecule has 0 saturated heterocycles. The lowest BCUT2D eigenvalue weighted by molar-refractivity contribution is 0.142. The van der Waals surface area contributed by atoms with E-state index in [4.69, 9.17) is 5.73 Å². The van der Waals surface area contributed by atoms with Crippen LogP contribution >= 0.6 is 15.9 Å². The molecule has 2 atom stereocenters. The second-order valence-corrected chi connectivity index (χ2v) is 5.06. The van der Waals surface area contributed by atoms with E-state index in [1.807, 2.05) is 0 Å². The minimum atomic E-state index is -1.01. The van der Waals surface area contributed by atoms with Gasteiger partial charge in [0, 0.05) is 34.9 Å². The molecule has 0 bridgehead atoms. The molecule has 0 radical (unpaired) electrons. The first kappa shape index (κ1) is 14.1. The fourth-order valence-corrected chi connectivity index (χ4v) is 2.63. The lowest BCUT2D eigenvalue weighted by Crippen LogP contribution is -2.21. The van der Waals surface area contributed by atoms with E-state index in [1.54, 1.807) is 36.7 Å². The fourth-order valence-electron chi connectivity index (χ4n) is 2.05. The molecule has 3 nitrogen and oxygen atoms in total. The molecule has 5 heteroatoms. The van der Waals surface area contributed by atoms with Crippen molar-refractivity contribution in [2.45, 2.75) is 12.0 Å². The number of benzene rings is 1. The summed E-state index contributed by atoms with van der Waals surface area (Å²) in [4.78, 5) is 3.92. The Morgan fingerprint density at radius 3 is 2.53 bits per heavy atom. The Balaban J connectivity index is 2.39. The molecule has 1 aromatic carbocycles. The van der Waals surface area contributed by atoms with E-state index >= 15 is 0 Å². The number of hydrogen-bond acceptors (Lipinski definition) is 3. The molecule has 0 fully saturated rings. The molecule has 0 amide bonds. The van der Waals surface area contributed by atoms with Crippen LogP contribution in [0.1, 0.15) is 23.1 Å². The number of aliphatic hydroxyl groups is 1. The average Bonchev–Trinajstić information content (AvgIpc) is 2.40. The van der Waals surface area contributed by atoms with Gasteiger partial charge in [-0.25, -0.2) is 4.39 Å². The highest BCUT2D eigenvalue weighted by Gasteiger charge is 2.25. The summed E-state index contributed by atoms with van der Waals surface area (Å²) in [6.45, 7) is 0.214. The average molecular weight is 325 g/mol. The van der Waals surface area contributed by atoms with Crippen molar-refractivity contribution in [2.75, 3.05) is 6.54 Å². The molecule has 0 aliphatic carbocycles. The third-order valence-corrected chi connectivity index (χ3v) is 3.76. The van der Waals surface area contributed by atoms with E-state index in [2.05, 4.69) is 20.9 Å². The smallest absolute Gasteiger partial charge is 0.130 e. The van der Waals surface area contributed by atoms with E-state index in [9.17, 15) is 9.50 Å². The number of nitrogens with zero attached hydrogens (tertiary/aromatic N) is 1. The van der Waals surface area contributed by atoms with Gasteiger partial charge in [0.2, 0.25) is 0 Å². The van der Waals surface area contributed by atoms with Gasteiger partial charge in [-0.2, -0.15) is 0 Å². The zero-order valence-electron chi connectivity index (χ0n) is 10.1. The lowest BCUT2D eigenvalue weighted by atomic mass is 9.89. The molecular weight excluding hydrogens is 311 g/mol. The summed E-state index contributed by atoms with van der Waals surface area (Å²) in [5, 5.41) is 10.4.